The van der Waals surface area contributed by atoms with Gasteiger partial charge in [0.2, 0.25) is 0 Å². The lowest BCUT2D eigenvalue weighted by Crippen LogP contribution is -2.07. The van der Waals surface area contributed by atoms with Crippen molar-refractivity contribution in [3.63, 3.8) is 0 Å². The predicted octanol–water partition coefficient (Wildman–Crippen LogP) is 3.40. The minimum Gasteiger partial charge on any atom is -0.507 e. The number of pyridine rings is 1. The third-order valence-corrected chi connectivity index (χ3v) is 4.37. The van der Waals surface area contributed by atoms with Gasteiger partial charge in [-0.3, -0.25) is 10.3 Å². The lowest BCUT2D eigenvalue weighted by molar-refractivity contribution is 0.210. The zero-order valence-corrected chi connectivity index (χ0v) is 13.5. The van der Waals surface area contributed by atoms with Crippen molar-refractivity contribution in [3.8, 4) is 5.75 Å². The average molecular weight is 336 g/mol. The van der Waals surface area contributed by atoms with Crippen molar-refractivity contribution in [1.29, 1.82) is 0 Å². The summed E-state index contributed by atoms with van der Waals surface area (Å²) in [5.41, 5.74) is 2.66. The Hall–Kier alpha value is -3.22. The van der Waals surface area contributed by atoms with Crippen molar-refractivity contribution in [3.05, 3.63) is 53.7 Å². The van der Waals surface area contributed by atoms with E-state index in [1.807, 2.05) is 13.0 Å². The number of rotatable bonds is 3. The first-order valence-electron chi connectivity index (χ1n) is 7.94. The molecule has 2 aromatic heterocycles. The third-order valence-electron chi connectivity index (χ3n) is 4.37. The highest BCUT2D eigenvalue weighted by Crippen LogP contribution is 2.53. The lowest BCUT2D eigenvalue weighted by atomic mass is 10.1. The van der Waals surface area contributed by atoms with Gasteiger partial charge in [0.25, 0.3) is 0 Å². The fourth-order valence-corrected chi connectivity index (χ4v) is 3.08. The molecule has 2 atom stereocenters. The molecule has 4 rings (SSSR count). The molecule has 0 saturated heterocycles. The second-order valence-electron chi connectivity index (χ2n) is 6.23. The zero-order valence-electron chi connectivity index (χ0n) is 13.5. The number of nitrogens with zero attached hydrogens (tertiary/aromatic N) is 3. The van der Waals surface area contributed by atoms with Gasteiger partial charge in [0.1, 0.15) is 11.6 Å². The summed E-state index contributed by atoms with van der Waals surface area (Å²) in [6.07, 6.45) is 1.50. The van der Waals surface area contributed by atoms with Crippen molar-refractivity contribution in [2.24, 2.45) is 0 Å². The largest absolute Gasteiger partial charge is 0.507 e. The minimum absolute atomic E-state index is 0.137. The van der Waals surface area contributed by atoms with E-state index in [0.29, 0.717) is 16.6 Å². The van der Waals surface area contributed by atoms with Gasteiger partial charge in [0.05, 0.1) is 5.52 Å². The monoisotopic (exact) mass is 336 g/mol. The molecule has 7 heteroatoms. The highest BCUT2D eigenvalue weighted by Gasteiger charge is 2.43. The highest BCUT2D eigenvalue weighted by atomic mass is 16.4. The molecule has 0 bridgehead atoms. The fraction of sp³-hybridized carbons (Fsp3) is 0.222. The molecular weight excluding hydrogens is 320 g/mol. The van der Waals surface area contributed by atoms with Gasteiger partial charge in [-0.25, -0.2) is 14.8 Å². The van der Waals surface area contributed by atoms with Gasteiger partial charge < -0.3 is 10.2 Å². The van der Waals surface area contributed by atoms with Crippen LogP contribution in [0.1, 0.15) is 35.5 Å². The van der Waals surface area contributed by atoms with Crippen molar-refractivity contribution in [2.45, 2.75) is 25.2 Å². The summed E-state index contributed by atoms with van der Waals surface area (Å²) >= 11 is 0. The van der Waals surface area contributed by atoms with Crippen LogP contribution < -0.4 is 5.32 Å². The number of anilines is 1. The van der Waals surface area contributed by atoms with Gasteiger partial charge in [-0.1, -0.05) is 0 Å². The molecule has 1 saturated carbocycles. The van der Waals surface area contributed by atoms with E-state index in [0.717, 1.165) is 23.6 Å². The topological polar surface area (TPSA) is 108 Å². The quantitative estimate of drug-likeness (QED) is 0.676. The van der Waals surface area contributed by atoms with E-state index in [9.17, 15) is 9.90 Å². The molecule has 0 unspecified atom stereocenters. The maximum absolute atomic E-state index is 10.8. The van der Waals surface area contributed by atoms with Crippen LogP contribution in [0, 0.1) is 6.92 Å². The van der Waals surface area contributed by atoms with E-state index in [1.165, 1.54) is 0 Å². The number of carbonyl (C=O) groups is 1. The molecule has 7 nitrogen and oxygen atoms in total. The Bertz CT molecular complexity index is 989. The first kappa shape index (κ1) is 15.3. The zero-order chi connectivity index (χ0) is 17.6. The Morgan fingerprint density at radius 3 is 2.80 bits per heavy atom. The van der Waals surface area contributed by atoms with E-state index < -0.39 is 6.09 Å². The molecule has 0 radical (unpaired) electrons. The summed E-state index contributed by atoms with van der Waals surface area (Å²) < 4.78 is 0. The van der Waals surface area contributed by atoms with Crippen LogP contribution in [0.4, 0.5) is 10.5 Å². The van der Waals surface area contributed by atoms with Crippen LogP contribution in [-0.2, 0) is 0 Å². The van der Waals surface area contributed by atoms with Crippen molar-refractivity contribution >= 4 is 22.7 Å². The first-order valence-corrected chi connectivity index (χ1v) is 7.94. The van der Waals surface area contributed by atoms with Crippen LogP contribution in [0.25, 0.3) is 10.9 Å². The molecule has 2 heterocycles. The third kappa shape index (κ3) is 2.96. The van der Waals surface area contributed by atoms with Gasteiger partial charge in [-0.15, -0.1) is 0 Å². The van der Waals surface area contributed by atoms with Gasteiger partial charge in [0.15, 0.2) is 0 Å². The second kappa shape index (κ2) is 5.70. The van der Waals surface area contributed by atoms with E-state index in [1.54, 1.807) is 30.5 Å². The number of aromatic hydroxyl groups is 1. The molecule has 1 aromatic carbocycles. The number of fused-ring (bicyclic) bond motifs is 1. The highest BCUT2D eigenvalue weighted by molar-refractivity contribution is 5.91. The molecule has 1 aliphatic rings. The van der Waals surface area contributed by atoms with Crippen LogP contribution in [0.2, 0.25) is 0 Å². The van der Waals surface area contributed by atoms with Crippen LogP contribution >= 0.6 is 0 Å². The summed E-state index contributed by atoms with van der Waals surface area (Å²) in [5, 5.41) is 22.0. The van der Waals surface area contributed by atoms with Gasteiger partial charge >= 0.3 is 6.09 Å². The van der Waals surface area contributed by atoms with E-state index in [2.05, 4.69) is 20.3 Å². The number of aromatic nitrogens is 3. The Morgan fingerprint density at radius 1 is 1.20 bits per heavy atom. The number of aryl methyl sites for hydroxylation is 1. The SMILES string of the molecule is Cc1ccnc([C@H]2C[C@@H]2c2cc(O)c3ccc(NC(=O)O)cc3n2)n1. The molecule has 126 valence electrons. The van der Waals surface area contributed by atoms with Crippen molar-refractivity contribution in [2.75, 3.05) is 5.32 Å². The van der Waals surface area contributed by atoms with E-state index in [-0.39, 0.29) is 17.6 Å². The number of amides is 1. The number of benzene rings is 1. The Balaban J connectivity index is 1.67. The summed E-state index contributed by atoms with van der Waals surface area (Å²) in [7, 11) is 0. The molecule has 1 amide bonds. The standard InChI is InChI=1S/C18H16N4O3/c1-9-4-5-19-17(20-9)13-7-12(13)15-8-16(23)11-3-2-10(21-18(24)25)6-14(11)22-15/h2-6,8,12-13,21H,7H2,1H3,(H,22,23)(H,24,25)/t12-,13-/m0/s1. The molecule has 3 N–H and O–H groups in total. The van der Waals surface area contributed by atoms with Crippen molar-refractivity contribution < 1.29 is 15.0 Å². The maximum atomic E-state index is 10.8. The van der Waals surface area contributed by atoms with E-state index in [4.69, 9.17) is 5.11 Å². The smallest absolute Gasteiger partial charge is 0.409 e. The molecular formula is C18H16N4O3. The van der Waals surface area contributed by atoms with Gasteiger partial charge in [-0.2, -0.15) is 0 Å². The molecule has 1 fully saturated rings. The van der Waals surface area contributed by atoms with Crippen LogP contribution in [0.15, 0.2) is 36.5 Å². The van der Waals surface area contributed by atoms with Gasteiger partial charge in [-0.05, 0) is 37.6 Å². The molecule has 3 aromatic rings. The van der Waals surface area contributed by atoms with Gasteiger partial charge in [0, 0.05) is 46.6 Å². The minimum atomic E-state index is -1.14. The summed E-state index contributed by atoms with van der Waals surface area (Å²) in [5.74, 6) is 1.29. The summed E-state index contributed by atoms with van der Waals surface area (Å²) in [6.45, 7) is 1.93. The Morgan fingerprint density at radius 2 is 2.04 bits per heavy atom. The van der Waals surface area contributed by atoms with Crippen molar-refractivity contribution in [1.82, 2.24) is 15.0 Å². The summed E-state index contributed by atoms with van der Waals surface area (Å²) in [6, 6.07) is 8.40. The van der Waals surface area contributed by atoms with Crippen LogP contribution in [0.3, 0.4) is 0 Å². The maximum Gasteiger partial charge on any atom is 0.409 e. The Kier molecular flexibility index (Phi) is 3.49. The molecule has 0 spiro atoms. The van der Waals surface area contributed by atoms with E-state index >= 15 is 0 Å². The summed E-state index contributed by atoms with van der Waals surface area (Å²) in [4.78, 5) is 24.2. The molecule has 1 aliphatic carbocycles. The van der Waals surface area contributed by atoms with Crippen LogP contribution in [0.5, 0.6) is 5.75 Å². The molecule has 25 heavy (non-hydrogen) atoms. The number of nitrogens with one attached hydrogen (secondary N) is 1. The number of hydrogen-bond donors (Lipinski definition) is 3. The average Bonchev–Trinajstić information content (AvgIpc) is 3.34. The normalized spacial score (nSPS) is 18.9. The Labute approximate surface area is 143 Å². The predicted molar refractivity (Wildman–Crippen MR) is 91.9 cm³/mol. The number of hydrogen-bond acceptors (Lipinski definition) is 5. The first-order chi connectivity index (χ1) is 12.0. The number of carboxylic acid groups (broad SMARTS) is 1. The fourth-order valence-electron chi connectivity index (χ4n) is 3.08. The molecule has 0 aliphatic heterocycles. The second-order valence-corrected chi connectivity index (χ2v) is 6.23. The lowest BCUT2D eigenvalue weighted by Gasteiger charge is -2.07. The van der Waals surface area contributed by atoms with Crippen LogP contribution in [-0.4, -0.2) is 31.3 Å².